The van der Waals surface area contributed by atoms with Gasteiger partial charge in [-0.3, -0.25) is 9.59 Å². The molecule has 1 aliphatic carbocycles. The van der Waals surface area contributed by atoms with Crippen LogP contribution in [0.2, 0.25) is 0 Å². The standard InChI is InChI=1S/C29H32N4O3/c1-29-25-23(22-14-7-8-15-24(22)31-25)16-17-32(29)28(36)33(27(29)35)21-13-9-10-19(18-21)26(34)30-20-11-5-3-2-4-6-12-20/h7-10,13-15,18,20,31H,2-6,11-12,16-17H2,1H3,(H,30,34)/t29-/m0/s1. The average Bonchev–Trinajstić information content (AvgIpc) is 3.34. The van der Waals surface area contributed by atoms with E-state index in [-0.39, 0.29) is 23.9 Å². The topological polar surface area (TPSA) is 85.5 Å². The summed E-state index contributed by atoms with van der Waals surface area (Å²) in [6, 6.07) is 14.7. The van der Waals surface area contributed by atoms with Gasteiger partial charge in [0.15, 0.2) is 5.54 Å². The van der Waals surface area contributed by atoms with Gasteiger partial charge in [0.2, 0.25) is 0 Å². The van der Waals surface area contributed by atoms with E-state index in [2.05, 4.69) is 16.4 Å². The minimum atomic E-state index is -1.11. The number of benzene rings is 2. The molecule has 1 atom stereocenters. The number of urea groups is 1. The Morgan fingerprint density at radius 3 is 2.56 bits per heavy atom. The average molecular weight is 485 g/mol. The Hall–Kier alpha value is -3.61. The number of aromatic nitrogens is 1. The normalized spacial score (nSPS) is 22.8. The summed E-state index contributed by atoms with van der Waals surface area (Å²) in [6.45, 7) is 2.29. The lowest BCUT2D eigenvalue weighted by Crippen LogP contribution is -2.49. The van der Waals surface area contributed by atoms with Crippen LogP contribution in [0.3, 0.4) is 0 Å². The van der Waals surface area contributed by atoms with Gasteiger partial charge in [0.05, 0.1) is 11.4 Å². The minimum Gasteiger partial charge on any atom is -0.356 e. The van der Waals surface area contributed by atoms with Gasteiger partial charge in [-0.05, 0) is 56.0 Å². The van der Waals surface area contributed by atoms with Gasteiger partial charge >= 0.3 is 6.03 Å². The molecule has 3 aliphatic rings. The molecular formula is C29H32N4O3. The number of rotatable bonds is 3. The van der Waals surface area contributed by atoms with Gasteiger partial charge in [-0.15, -0.1) is 0 Å². The first kappa shape index (κ1) is 22.8. The number of amides is 4. The molecule has 36 heavy (non-hydrogen) atoms. The highest BCUT2D eigenvalue weighted by Gasteiger charge is 2.59. The van der Waals surface area contributed by atoms with Crippen molar-refractivity contribution in [2.24, 2.45) is 0 Å². The molecule has 0 radical (unpaired) electrons. The third kappa shape index (κ3) is 3.52. The van der Waals surface area contributed by atoms with Crippen molar-refractivity contribution in [2.75, 3.05) is 11.4 Å². The molecule has 186 valence electrons. The molecule has 4 amide bonds. The summed E-state index contributed by atoms with van der Waals surface area (Å²) in [6.07, 6.45) is 8.65. The van der Waals surface area contributed by atoms with Gasteiger partial charge in [0, 0.05) is 29.1 Å². The predicted octanol–water partition coefficient (Wildman–Crippen LogP) is 5.25. The highest BCUT2D eigenvalue weighted by molar-refractivity contribution is 6.24. The molecule has 0 spiro atoms. The molecule has 0 unspecified atom stereocenters. The lowest BCUT2D eigenvalue weighted by atomic mass is 9.87. The van der Waals surface area contributed by atoms with E-state index < -0.39 is 5.54 Å². The van der Waals surface area contributed by atoms with Crippen LogP contribution < -0.4 is 10.2 Å². The Bertz CT molecular complexity index is 1350. The van der Waals surface area contributed by atoms with Crippen molar-refractivity contribution in [1.82, 2.24) is 15.2 Å². The second kappa shape index (κ2) is 8.80. The number of carbonyl (C=O) groups excluding carboxylic acids is 3. The Kier molecular flexibility index (Phi) is 5.58. The van der Waals surface area contributed by atoms with E-state index in [1.54, 1.807) is 29.2 Å². The van der Waals surface area contributed by atoms with Crippen LogP contribution in [0.4, 0.5) is 10.5 Å². The molecule has 6 rings (SSSR count). The van der Waals surface area contributed by atoms with Crippen molar-refractivity contribution in [3.05, 3.63) is 65.4 Å². The van der Waals surface area contributed by atoms with Crippen molar-refractivity contribution in [2.45, 2.75) is 69.9 Å². The number of hydrogen-bond donors (Lipinski definition) is 2. The van der Waals surface area contributed by atoms with Crippen molar-refractivity contribution >= 4 is 34.4 Å². The number of carbonyl (C=O) groups is 3. The fourth-order valence-corrected chi connectivity index (χ4v) is 6.28. The van der Waals surface area contributed by atoms with E-state index in [1.165, 1.54) is 24.2 Å². The van der Waals surface area contributed by atoms with Gasteiger partial charge in [0.25, 0.3) is 11.8 Å². The third-order valence-electron chi connectivity index (χ3n) is 8.27. The highest BCUT2D eigenvalue weighted by atomic mass is 16.2. The van der Waals surface area contributed by atoms with Crippen LogP contribution in [0.1, 0.15) is 73.5 Å². The van der Waals surface area contributed by atoms with E-state index in [0.29, 0.717) is 24.2 Å². The first-order valence-electron chi connectivity index (χ1n) is 13.2. The van der Waals surface area contributed by atoms with Crippen LogP contribution in [0.15, 0.2) is 48.5 Å². The molecule has 2 fully saturated rings. The van der Waals surface area contributed by atoms with E-state index in [4.69, 9.17) is 0 Å². The van der Waals surface area contributed by atoms with E-state index in [1.807, 2.05) is 25.1 Å². The molecule has 2 N–H and O–H groups in total. The maximum Gasteiger partial charge on any atom is 0.332 e. The van der Waals surface area contributed by atoms with E-state index in [9.17, 15) is 14.4 Å². The number of anilines is 1. The quantitative estimate of drug-likeness (QED) is 0.498. The first-order valence-corrected chi connectivity index (χ1v) is 13.2. The number of hydrogen-bond acceptors (Lipinski definition) is 3. The predicted molar refractivity (Wildman–Crippen MR) is 139 cm³/mol. The number of imide groups is 1. The molecule has 7 nitrogen and oxygen atoms in total. The summed E-state index contributed by atoms with van der Waals surface area (Å²) in [7, 11) is 0. The molecule has 1 saturated carbocycles. The summed E-state index contributed by atoms with van der Waals surface area (Å²) in [4.78, 5) is 46.9. The smallest absolute Gasteiger partial charge is 0.332 e. The fraction of sp³-hybridized carbons (Fsp3) is 0.414. The molecule has 0 bridgehead atoms. The van der Waals surface area contributed by atoms with E-state index >= 15 is 0 Å². The number of aromatic amines is 1. The van der Waals surface area contributed by atoms with Crippen molar-refractivity contribution in [3.63, 3.8) is 0 Å². The molecule has 2 aromatic carbocycles. The summed E-state index contributed by atoms with van der Waals surface area (Å²) in [5.41, 5.74) is 2.65. The SMILES string of the molecule is C[C@]12C(=O)N(c3cccc(C(=O)NC4CCCCCCC4)c3)C(=O)N1CCc1c2[nH]c2ccccc12. The molecule has 3 heterocycles. The van der Waals surface area contributed by atoms with Crippen LogP contribution >= 0.6 is 0 Å². The van der Waals surface area contributed by atoms with Gasteiger partial charge in [-0.1, -0.05) is 56.4 Å². The largest absolute Gasteiger partial charge is 0.356 e. The maximum absolute atomic E-state index is 13.9. The minimum absolute atomic E-state index is 0.150. The second-order valence-electron chi connectivity index (χ2n) is 10.5. The Balaban J connectivity index is 1.30. The molecule has 1 saturated heterocycles. The highest BCUT2D eigenvalue weighted by Crippen LogP contribution is 2.45. The summed E-state index contributed by atoms with van der Waals surface area (Å²) >= 11 is 0. The molecule has 2 aliphatic heterocycles. The van der Waals surface area contributed by atoms with Crippen LogP contribution in [0, 0.1) is 0 Å². The van der Waals surface area contributed by atoms with Gasteiger partial charge < -0.3 is 15.2 Å². The van der Waals surface area contributed by atoms with Gasteiger partial charge in [0.1, 0.15) is 0 Å². The third-order valence-corrected chi connectivity index (χ3v) is 8.27. The molecule has 1 aromatic heterocycles. The maximum atomic E-state index is 13.9. The lowest BCUT2D eigenvalue weighted by Gasteiger charge is -2.35. The number of fused-ring (bicyclic) bond motifs is 5. The molecule has 3 aromatic rings. The zero-order chi connectivity index (χ0) is 24.9. The monoisotopic (exact) mass is 484 g/mol. The number of nitrogens with one attached hydrogen (secondary N) is 2. The van der Waals surface area contributed by atoms with E-state index in [0.717, 1.165) is 47.8 Å². The Morgan fingerprint density at radius 2 is 1.75 bits per heavy atom. The van der Waals surface area contributed by atoms with Gasteiger partial charge in [-0.25, -0.2) is 9.69 Å². The zero-order valence-electron chi connectivity index (χ0n) is 20.7. The van der Waals surface area contributed by atoms with Crippen molar-refractivity contribution in [1.29, 1.82) is 0 Å². The number of H-pyrrole nitrogens is 1. The van der Waals surface area contributed by atoms with Crippen LogP contribution in [-0.4, -0.2) is 40.3 Å². The number of para-hydroxylation sites is 1. The van der Waals surface area contributed by atoms with Crippen molar-refractivity contribution < 1.29 is 14.4 Å². The molecule has 7 heteroatoms. The van der Waals surface area contributed by atoms with Crippen molar-refractivity contribution in [3.8, 4) is 0 Å². The summed E-state index contributed by atoms with van der Waals surface area (Å²) in [5, 5.41) is 4.28. The van der Waals surface area contributed by atoms with Crippen LogP contribution in [-0.2, 0) is 16.8 Å². The van der Waals surface area contributed by atoms with Gasteiger partial charge in [-0.2, -0.15) is 0 Å². The molecular weight excluding hydrogens is 452 g/mol. The fourth-order valence-electron chi connectivity index (χ4n) is 6.28. The van der Waals surface area contributed by atoms with Crippen LogP contribution in [0.5, 0.6) is 0 Å². The lowest BCUT2D eigenvalue weighted by molar-refractivity contribution is -0.125. The second-order valence-corrected chi connectivity index (χ2v) is 10.5. The zero-order valence-corrected chi connectivity index (χ0v) is 20.7. The number of nitrogens with zero attached hydrogens (tertiary/aromatic N) is 2. The Labute approximate surface area is 210 Å². The summed E-state index contributed by atoms with van der Waals surface area (Å²) in [5.74, 6) is -0.444. The summed E-state index contributed by atoms with van der Waals surface area (Å²) < 4.78 is 0. The van der Waals surface area contributed by atoms with Crippen LogP contribution in [0.25, 0.3) is 10.9 Å². The Morgan fingerprint density at radius 1 is 1.00 bits per heavy atom. The first-order chi connectivity index (χ1) is 17.5.